The normalized spacial score (nSPS) is 10.5. The molecule has 0 atom stereocenters. The molecule has 0 saturated heterocycles. The highest BCUT2D eigenvalue weighted by atomic mass is 16.5. The Morgan fingerprint density at radius 3 is 2.65 bits per heavy atom. The second-order valence-corrected chi connectivity index (χ2v) is 4.16. The summed E-state index contributed by atoms with van der Waals surface area (Å²) in [7, 11) is 4.02. The zero-order valence-corrected chi connectivity index (χ0v) is 10.3. The highest BCUT2D eigenvalue weighted by Crippen LogP contribution is 2.16. The summed E-state index contributed by atoms with van der Waals surface area (Å²) in [5, 5.41) is 9.45. The van der Waals surface area contributed by atoms with E-state index in [4.69, 9.17) is 4.74 Å². The molecular weight excluding hydrogens is 218 g/mol. The molecule has 0 saturated carbocycles. The molecule has 0 spiro atoms. The number of nitrogens with zero attached hydrogens (tertiary/aromatic N) is 1. The number of ether oxygens (including phenoxy) is 1. The average molecular weight is 237 g/mol. The Hall–Kier alpha value is -1.55. The van der Waals surface area contributed by atoms with Crippen LogP contribution in [0.25, 0.3) is 0 Å². The van der Waals surface area contributed by atoms with Gasteiger partial charge < -0.3 is 14.7 Å². The molecule has 1 aromatic carbocycles. The molecule has 1 N–H and O–H groups in total. The van der Waals surface area contributed by atoms with Crippen molar-refractivity contribution in [1.29, 1.82) is 0 Å². The number of hydrogen-bond donors (Lipinski definition) is 1. The first-order valence-electron chi connectivity index (χ1n) is 5.71. The first-order chi connectivity index (χ1) is 8.11. The summed E-state index contributed by atoms with van der Waals surface area (Å²) in [6.07, 6.45) is 1.82. The lowest BCUT2D eigenvalue weighted by Gasteiger charge is -2.09. The Kier molecular flexibility index (Phi) is 5.49. The molecule has 0 aliphatic heterocycles. The number of benzene rings is 1. The number of phenols is 1. The summed E-state index contributed by atoms with van der Waals surface area (Å²) in [4.78, 5) is 13.7. The lowest BCUT2D eigenvalue weighted by Crippen LogP contribution is -2.14. The van der Waals surface area contributed by atoms with Gasteiger partial charge in [0.05, 0.1) is 6.61 Å². The van der Waals surface area contributed by atoms with Gasteiger partial charge in [0.1, 0.15) is 11.3 Å². The minimum absolute atomic E-state index is 0.0363. The fraction of sp³-hybridized carbons (Fsp3) is 0.462. The summed E-state index contributed by atoms with van der Waals surface area (Å²) < 4.78 is 5.07. The summed E-state index contributed by atoms with van der Waals surface area (Å²) in [6, 6.07) is 6.39. The van der Waals surface area contributed by atoms with Crippen LogP contribution in [0.15, 0.2) is 24.3 Å². The van der Waals surface area contributed by atoms with Crippen LogP contribution in [0.5, 0.6) is 5.75 Å². The van der Waals surface area contributed by atoms with Crippen LogP contribution >= 0.6 is 0 Å². The molecule has 0 heterocycles. The van der Waals surface area contributed by atoms with E-state index in [9.17, 15) is 9.90 Å². The number of carbonyl (C=O) groups excluding carboxylic acids is 1. The van der Waals surface area contributed by atoms with Gasteiger partial charge in [-0.05, 0) is 45.6 Å². The van der Waals surface area contributed by atoms with Gasteiger partial charge in [-0.1, -0.05) is 12.1 Å². The molecule has 4 nitrogen and oxygen atoms in total. The van der Waals surface area contributed by atoms with E-state index < -0.39 is 5.97 Å². The van der Waals surface area contributed by atoms with Crippen molar-refractivity contribution in [3.63, 3.8) is 0 Å². The van der Waals surface area contributed by atoms with Crippen LogP contribution in [0.3, 0.4) is 0 Å². The number of phenolic OH excluding ortho intramolecular Hbond substituents is 1. The molecule has 0 unspecified atom stereocenters. The minimum atomic E-state index is -0.465. The van der Waals surface area contributed by atoms with E-state index >= 15 is 0 Å². The fourth-order valence-electron chi connectivity index (χ4n) is 1.42. The fourth-order valence-corrected chi connectivity index (χ4v) is 1.42. The van der Waals surface area contributed by atoms with E-state index in [0.717, 1.165) is 19.4 Å². The van der Waals surface area contributed by atoms with Crippen molar-refractivity contribution in [2.24, 2.45) is 0 Å². The van der Waals surface area contributed by atoms with Crippen LogP contribution in [-0.4, -0.2) is 43.2 Å². The lowest BCUT2D eigenvalue weighted by atomic mass is 10.2. The third-order valence-electron chi connectivity index (χ3n) is 2.36. The molecule has 0 fully saturated rings. The highest BCUT2D eigenvalue weighted by Gasteiger charge is 2.10. The van der Waals surface area contributed by atoms with E-state index in [-0.39, 0.29) is 11.3 Å². The third kappa shape index (κ3) is 4.87. The number of esters is 1. The van der Waals surface area contributed by atoms with Crippen LogP contribution in [0, 0.1) is 0 Å². The van der Waals surface area contributed by atoms with Crippen LogP contribution < -0.4 is 0 Å². The van der Waals surface area contributed by atoms with E-state index in [1.165, 1.54) is 6.07 Å². The molecule has 1 aromatic rings. The maximum Gasteiger partial charge on any atom is 0.341 e. The molecule has 0 radical (unpaired) electrons. The largest absolute Gasteiger partial charge is 0.507 e. The number of para-hydroxylation sites is 1. The van der Waals surface area contributed by atoms with Crippen molar-refractivity contribution in [3.05, 3.63) is 29.8 Å². The molecule has 0 amide bonds. The van der Waals surface area contributed by atoms with Gasteiger partial charge in [-0.25, -0.2) is 4.79 Å². The maximum absolute atomic E-state index is 11.6. The number of carbonyl (C=O) groups is 1. The van der Waals surface area contributed by atoms with Crippen LogP contribution in [0.1, 0.15) is 23.2 Å². The Morgan fingerprint density at radius 2 is 2.00 bits per heavy atom. The second-order valence-electron chi connectivity index (χ2n) is 4.16. The van der Waals surface area contributed by atoms with Gasteiger partial charge in [-0.3, -0.25) is 0 Å². The van der Waals surface area contributed by atoms with Gasteiger partial charge in [-0.15, -0.1) is 0 Å². The molecule has 0 aromatic heterocycles. The van der Waals surface area contributed by atoms with Crippen LogP contribution in [0.4, 0.5) is 0 Å². The molecule has 0 aliphatic rings. The van der Waals surface area contributed by atoms with Crippen molar-refractivity contribution < 1.29 is 14.6 Å². The highest BCUT2D eigenvalue weighted by molar-refractivity contribution is 5.92. The first kappa shape index (κ1) is 13.5. The molecular formula is C13H19NO3. The molecule has 1 rings (SSSR count). The predicted octanol–water partition coefficient (Wildman–Crippen LogP) is 1.89. The van der Waals surface area contributed by atoms with Crippen molar-refractivity contribution in [2.75, 3.05) is 27.2 Å². The Balaban J connectivity index is 2.29. The van der Waals surface area contributed by atoms with Gasteiger partial charge in [-0.2, -0.15) is 0 Å². The van der Waals surface area contributed by atoms with Gasteiger partial charge in [0, 0.05) is 0 Å². The average Bonchev–Trinajstić information content (AvgIpc) is 2.28. The van der Waals surface area contributed by atoms with Crippen molar-refractivity contribution in [3.8, 4) is 5.75 Å². The molecule has 0 aliphatic carbocycles. The SMILES string of the molecule is CN(C)CCCCOC(=O)c1ccccc1O. The van der Waals surface area contributed by atoms with Gasteiger partial charge in [0.2, 0.25) is 0 Å². The zero-order valence-electron chi connectivity index (χ0n) is 10.3. The second kappa shape index (κ2) is 6.91. The van der Waals surface area contributed by atoms with E-state index in [1.54, 1.807) is 18.2 Å². The number of rotatable bonds is 6. The summed E-state index contributed by atoms with van der Waals surface area (Å²) in [5.41, 5.74) is 0.222. The Labute approximate surface area is 102 Å². The predicted molar refractivity (Wildman–Crippen MR) is 66.2 cm³/mol. The first-order valence-corrected chi connectivity index (χ1v) is 5.71. The van der Waals surface area contributed by atoms with Gasteiger partial charge in [0.25, 0.3) is 0 Å². The topological polar surface area (TPSA) is 49.8 Å². The van der Waals surface area contributed by atoms with E-state index in [1.807, 2.05) is 14.1 Å². The number of aromatic hydroxyl groups is 1. The minimum Gasteiger partial charge on any atom is -0.507 e. The van der Waals surface area contributed by atoms with Gasteiger partial charge in [0.15, 0.2) is 0 Å². The van der Waals surface area contributed by atoms with E-state index in [2.05, 4.69) is 4.90 Å². The van der Waals surface area contributed by atoms with Gasteiger partial charge >= 0.3 is 5.97 Å². The maximum atomic E-state index is 11.6. The summed E-state index contributed by atoms with van der Waals surface area (Å²) >= 11 is 0. The number of hydrogen-bond acceptors (Lipinski definition) is 4. The van der Waals surface area contributed by atoms with E-state index in [0.29, 0.717) is 6.61 Å². The standard InChI is InChI=1S/C13H19NO3/c1-14(2)9-5-6-10-17-13(16)11-7-3-4-8-12(11)15/h3-4,7-8,15H,5-6,9-10H2,1-2H3. The third-order valence-corrected chi connectivity index (χ3v) is 2.36. The molecule has 4 heteroatoms. The molecule has 94 valence electrons. The van der Waals surface area contributed by atoms with Crippen LogP contribution in [0.2, 0.25) is 0 Å². The van der Waals surface area contributed by atoms with Crippen molar-refractivity contribution in [1.82, 2.24) is 4.90 Å². The van der Waals surface area contributed by atoms with Crippen molar-refractivity contribution in [2.45, 2.75) is 12.8 Å². The summed E-state index contributed by atoms with van der Waals surface area (Å²) in [5.74, 6) is -0.501. The zero-order chi connectivity index (χ0) is 12.7. The van der Waals surface area contributed by atoms with Crippen LogP contribution in [-0.2, 0) is 4.74 Å². The number of unbranched alkanes of at least 4 members (excludes halogenated alkanes) is 1. The Bertz CT molecular complexity index is 363. The smallest absolute Gasteiger partial charge is 0.341 e. The van der Waals surface area contributed by atoms with Crippen molar-refractivity contribution >= 4 is 5.97 Å². The summed E-state index contributed by atoms with van der Waals surface area (Å²) in [6.45, 7) is 1.37. The molecule has 17 heavy (non-hydrogen) atoms. The quantitative estimate of drug-likeness (QED) is 0.606. The monoisotopic (exact) mass is 237 g/mol. The molecule has 0 bridgehead atoms. The lowest BCUT2D eigenvalue weighted by molar-refractivity contribution is 0.0493. The Morgan fingerprint density at radius 1 is 1.29 bits per heavy atom.